The van der Waals surface area contributed by atoms with Gasteiger partial charge in [0.25, 0.3) is 0 Å². The third kappa shape index (κ3) is 14.6. The van der Waals surface area contributed by atoms with E-state index < -0.39 is 8.63 Å². The molecule has 0 bridgehead atoms. The van der Waals surface area contributed by atoms with Crippen molar-refractivity contribution in [1.82, 2.24) is 0 Å². The van der Waals surface area contributed by atoms with Gasteiger partial charge in [-0.2, -0.15) is 0 Å². The van der Waals surface area contributed by atoms with E-state index in [9.17, 15) is 0 Å². The van der Waals surface area contributed by atoms with Crippen LogP contribution in [0.5, 0.6) is 0 Å². The van der Waals surface area contributed by atoms with Crippen LogP contribution >= 0.6 is 108 Å². The van der Waals surface area contributed by atoms with Gasteiger partial charge in [-0.15, -0.1) is 72.8 Å². The third-order valence-corrected chi connectivity index (χ3v) is 2.68. The molecule has 0 aliphatic heterocycles. The first-order chi connectivity index (χ1) is 3.85. The lowest BCUT2D eigenvalue weighted by atomic mass is 10.2. The van der Waals surface area contributed by atoms with E-state index >= 15 is 0 Å². The molecule has 0 saturated heterocycles. The monoisotopic (exact) mass is 372 g/mol. The van der Waals surface area contributed by atoms with Gasteiger partial charge in [-0.25, -0.2) is 0 Å². The van der Waals surface area contributed by atoms with Crippen molar-refractivity contribution >= 4 is 108 Å². The number of halogens is 9. The standard InChI is InChI=1S/C4H5Cl5.4ClH/c1-2(3(5)6)4(7,8)9;;;;/h2-3H,1H3;4*1H. The van der Waals surface area contributed by atoms with Crippen molar-refractivity contribution in [2.75, 3.05) is 0 Å². The summed E-state index contributed by atoms with van der Waals surface area (Å²) in [5.74, 6) is -0.356. The molecule has 0 aromatic carbocycles. The minimum Gasteiger partial charge on any atom is -0.147 e. The van der Waals surface area contributed by atoms with Crippen molar-refractivity contribution in [2.24, 2.45) is 5.92 Å². The fourth-order valence-corrected chi connectivity index (χ4v) is 1.29. The Kier molecular flexibility index (Phi) is 28.9. The highest BCUT2D eigenvalue weighted by Crippen LogP contribution is 2.39. The van der Waals surface area contributed by atoms with Crippen LogP contribution in [0.1, 0.15) is 6.92 Å². The summed E-state index contributed by atoms with van der Waals surface area (Å²) in [7, 11) is 0. The second-order valence-electron chi connectivity index (χ2n) is 1.66. The molecule has 0 nitrogen and oxygen atoms in total. The molecule has 0 aliphatic rings. The van der Waals surface area contributed by atoms with Crippen molar-refractivity contribution in [1.29, 1.82) is 0 Å². The zero-order valence-electron chi connectivity index (χ0n) is 6.18. The van der Waals surface area contributed by atoms with Crippen molar-refractivity contribution in [3.05, 3.63) is 0 Å². The average molecular weight is 376 g/mol. The minimum absolute atomic E-state index is 0. The summed E-state index contributed by atoms with van der Waals surface area (Å²) in [6.45, 7) is 1.66. The van der Waals surface area contributed by atoms with E-state index in [4.69, 9.17) is 58.0 Å². The summed E-state index contributed by atoms with van der Waals surface area (Å²) in [4.78, 5) is -0.641. The molecular formula is C4H9Cl9. The zero-order chi connectivity index (χ0) is 7.65. The van der Waals surface area contributed by atoms with Crippen LogP contribution in [-0.4, -0.2) is 8.63 Å². The first-order valence-electron chi connectivity index (χ1n) is 2.20. The van der Waals surface area contributed by atoms with Gasteiger partial charge in [0, 0.05) is 5.92 Å². The molecule has 1 atom stereocenters. The Hall–Kier alpha value is 2.61. The Labute approximate surface area is 128 Å². The van der Waals surface area contributed by atoms with Crippen LogP contribution in [0.4, 0.5) is 0 Å². The van der Waals surface area contributed by atoms with Crippen LogP contribution in [0, 0.1) is 5.92 Å². The van der Waals surface area contributed by atoms with Gasteiger partial charge in [0.1, 0.15) is 4.84 Å². The Morgan fingerprint density at radius 2 is 1.08 bits per heavy atom. The van der Waals surface area contributed by atoms with Crippen LogP contribution in [0.25, 0.3) is 0 Å². The van der Waals surface area contributed by atoms with Crippen LogP contribution in [0.2, 0.25) is 0 Å². The fraction of sp³-hybridized carbons (Fsp3) is 1.00. The van der Waals surface area contributed by atoms with Gasteiger partial charge in [0.15, 0.2) is 3.79 Å². The van der Waals surface area contributed by atoms with E-state index in [0.717, 1.165) is 0 Å². The molecule has 0 aromatic heterocycles. The number of hydrogen-bond acceptors (Lipinski definition) is 0. The van der Waals surface area contributed by atoms with Crippen molar-refractivity contribution < 1.29 is 0 Å². The molecular weight excluding hydrogens is 367 g/mol. The maximum Gasteiger partial charge on any atom is 0.195 e. The van der Waals surface area contributed by atoms with E-state index in [1.807, 2.05) is 0 Å². The normalized spacial score (nSPS) is 11.3. The largest absolute Gasteiger partial charge is 0.195 e. The Bertz CT molecular complexity index is 86.1. The van der Waals surface area contributed by atoms with E-state index in [1.165, 1.54) is 0 Å². The summed E-state index contributed by atoms with van der Waals surface area (Å²) in [6, 6.07) is 0. The Morgan fingerprint density at radius 3 is 1.08 bits per heavy atom. The van der Waals surface area contributed by atoms with Crippen molar-refractivity contribution in [3.63, 3.8) is 0 Å². The molecule has 13 heavy (non-hydrogen) atoms. The molecule has 0 saturated carbocycles. The third-order valence-electron chi connectivity index (χ3n) is 0.894. The molecule has 0 aliphatic carbocycles. The van der Waals surface area contributed by atoms with Gasteiger partial charge in [-0.3, -0.25) is 0 Å². The molecule has 88 valence electrons. The quantitative estimate of drug-likeness (QED) is 0.532. The first-order valence-corrected chi connectivity index (χ1v) is 4.21. The molecule has 0 radical (unpaired) electrons. The maximum absolute atomic E-state index is 5.44. The van der Waals surface area contributed by atoms with Crippen LogP contribution in [0.3, 0.4) is 0 Å². The highest BCUT2D eigenvalue weighted by molar-refractivity contribution is 6.68. The molecule has 0 N–H and O–H groups in total. The predicted octanol–water partition coefficient (Wildman–Crippen LogP) is 5.48. The lowest BCUT2D eigenvalue weighted by molar-refractivity contribution is 0.646. The van der Waals surface area contributed by atoms with Gasteiger partial charge < -0.3 is 0 Å². The second kappa shape index (κ2) is 12.7. The number of alkyl halides is 5. The summed E-state index contributed by atoms with van der Waals surface area (Å²) >= 11 is 27.2. The van der Waals surface area contributed by atoms with Gasteiger partial charge in [0.2, 0.25) is 0 Å². The maximum atomic E-state index is 5.44. The van der Waals surface area contributed by atoms with E-state index in [-0.39, 0.29) is 55.5 Å². The first kappa shape index (κ1) is 29.6. The molecule has 0 heterocycles. The van der Waals surface area contributed by atoms with Crippen molar-refractivity contribution in [3.8, 4) is 0 Å². The molecule has 1 unspecified atom stereocenters. The lowest BCUT2D eigenvalue weighted by Crippen LogP contribution is -2.21. The second-order valence-corrected chi connectivity index (χ2v) is 5.20. The van der Waals surface area contributed by atoms with Gasteiger partial charge in [-0.05, 0) is 0 Å². The molecule has 0 spiro atoms. The summed E-state index contributed by atoms with van der Waals surface area (Å²) < 4.78 is -1.37. The zero-order valence-corrected chi connectivity index (χ0v) is 13.2. The summed E-state index contributed by atoms with van der Waals surface area (Å²) in [5, 5.41) is 0. The topological polar surface area (TPSA) is 0 Å². The van der Waals surface area contributed by atoms with E-state index in [1.54, 1.807) is 6.92 Å². The van der Waals surface area contributed by atoms with Crippen LogP contribution < -0.4 is 0 Å². The van der Waals surface area contributed by atoms with Gasteiger partial charge >= 0.3 is 0 Å². The number of hydrogen-bond donors (Lipinski definition) is 0. The molecule has 0 fully saturated rings. The fourth-order valence-electron chi connectivity index (χ4n) is 0.143. The van der Waals surface area contributed by atoms with Crippen LogP contribution in [-0.2, 0) is 0 Å². The van der Waals surface area contributed by atoms with E-state index in [2.05, 4.69) is 0 Å². The smallest absolute Gasteiger partial charge is 0.147 e. The highest BCUT2D eigenvalue weighted by atomic mass is 35.6. The summed E-state index contributed by atoms with van der Waals surface area (Å²) in [5.41, 5.74) is 0. The minimum atomic E-state index is -1.37. The lowest BCUT2D eigenvalue weighted by Gasteiger charge is -2.20. The molecule has 0 aromatic rings. The highest BCUT2D eigenvalue weighted by Gasteiger charge is 2.32. The Morgan fingerprint density at radius 1 is 0.846 bits per heavy atom. The van der Waals surface area contributed by atoms with Crippen molar-refractivity contribution in [2.45, 2.75) is 15.6 Å². The average Bonchev–Trinajstić information content (AvgIpc) is 1.62. The number of rotatable bonds is 1. The van der Waals surface area contributed by atoms with Gasteiger partial charge in [-0.1, -0.05) is 41.7 Å². The molecule has 0 amide bonds. The SMILES string of the molecule is CC(C(Cl)Cl)C(Cl)(Cl)Cl.Cl.Cl.Cl.Cl. The van der Waals surface area contributed by atoms with E-state index in [0.29, 0.717) is 0 Å². The predicted molar refractivity (Wildman–Crippen MR) is 73.9 cm³/mol. The summed E-state index contributed by atoms with van der Waals surface area (Å²) in [6.07, 6.45) is 0. The van der Waals surface area contributed by atoms with Crippen LogP contribution in [0.15, 0.2) is 0 Å². The van der Waals surface area contributed by atoms with Gasteiger partial charge in [0.05, 0.1) is 0 Å². The molecule has 9 heteroatoms. The Balaban J connectivity index is -0.0000000533. The molecule has 0 rings (SSSR count).